The summed E-state index contributed by atoms with van der Waals surface area (Å²) in [4.78, 5) is 2.74. The molecule has 2 aromatic carbocycles. The van der Waals surface area contributed by atoms with Gasteiger partial charge in [-0.05, 0) is 74.6 Å². The minimum Gasteiger partial charge on any atom is -0.464 e. The Bertz CT molecular complexity index is 1280. The Balaban J connectivity index is 1.39. The normalized spacial score (nSPS) is 23.7. The number of aromatic nitrogens is 1. The smallest absolute Gasteiger partial charge is 0.261 e. The Morgan fingerprint density at radius 2 is 1.97 bits per heavy atom. The predicted octanol–water partition coefficient (Wildman–Crippen LogP) is 6.31. The van der Waals surface area contributed by atoms with E-state index < -0.39 is 0 Å². The summed E-state index contributed by atoms with van der Waals surface area (Å²) in [5, 5.41) is 5.10. The number of nitrogens with one attached hydrogen (secondary N) is 1. The first-order chi connectivity index (χ1) is 16.1. The number of aryl methyl sites for hydroxylation is 1. The van der Waals surface area contributed by atoms with Crippen LogP contribution in [0.15, 0.2) is 54.6 Å². The molecule has 3 aliphatic heterocycles. The lowest BCUT2D eigenvalue weighted by Gasteiger charge is -2.53. The summed E-state index contributed by atoms with van der Waals surface area (Å²) in [7, 11) is 0. The summed E-state index contributed by atoms with van der Waals surface area (Å²) in [6.45, 7) is 7.27. The summed E-state index contributed by atoms with van der Waals surface area (Å²) in [5.74, 6) is 0. The van der Waals surface area contributed by atoms with E-state index in [-0.39, 0.29) is 5.41 Å². The minimum atomic E-state index is 0.168. The molecule has 0 spiro atoms. The highest BCUT2D eigenvalue weighted by atomic mass is 32.1. The van der Waals surface area contributed by atoms with Crippen molar-refractivity contribution in [3.05, 3.63) is 71.4 Å². The minimum absolute atomic E-state index is 0.168. The Morgan fingerprint density at radius 3 is 2.82 bits per heavy atom. The van der Waals surface area contributed by atoms with E-state index in [1.165, 1.54) is 47.2 Å². The van der Waals surface area contributed by atoms with Crippen molar-refractivity contribution in [2.75, 3.05) is 25.0 Å². The van der Waals surface area contributed by atoms with Crippen LogP contribution >= 0.6 is 12.2 Å². The molecule has 4 heterocycles. The molecule has 3 aromatic rings. The Kier molecular flexibility index (Phi) is 5.07. The van der Waals surface area contributed by atoms with Gasteiger partial charge in [0.05, 0.1) is 17.3 Å². The number of anilines is 1. The van der Waals surface area contributed by atoms with E-state index in [4.69, 9.17) is 17.0 Å². The van der Waals surface area contributed by atoms with Crippen molar-refractivity contribution in [3.8, 4) is 0 Å². The van der Waals surface area contributed by atoms with Crippen LogP contribution < -0.4 is 5.32 Å². The zero-order chi connectivity index (χ0) is 22.6. The summed E-state index contributed by atoms with van der Waals surface area (Å²) >= 11 is 5.59. The van der Waals surface area contributed by atoms with E-state index in [9.17, 15) is 0 Å². The Hall–Kier alpha value is -2.63. The molecule has 0 aliphatic carbocycles. The van der Waals surface area contributed by atoms with Gasteiger partial charge in [-0.25, -0.2) is 0 Å². The van der Waals surface area contributed by atoms with Crippen molar-refractivity contribution in [2.45, 2.75) is 45.6 Å². The standard InChI is InChI=1S/C28H31N3OS/c1-3-28-14-8-15-30-16-13-22-21-10-5-7-12-24(21)31(25(22)26(28)30)20(17-28)18-32-27(33)29-23-11-6-4-9-19(23)2/h4-7,9-12,17,26H,3,8,13-16,18H2,1-2H3,(H,29,33)/t26-,28+/m1/s1. The van der Waals surface area contributed by atoms with Crippen LogP contribution in [0.2, 0.25) is 0 Å². The van der Waals surface area contributed by atoms with Crippen LogP contribution in [-0.2, 0) is 11.2 Å². The molecule has 0 saturated carbocycles. The average molecular weight is 458 g/mol. The molecule has 1 N–H and O–H groups in total. The second kappa shape index (κ2) is 8.00. The van der Waals surface area contributed by atoms with Crippen molar-refractivity contribution in [1.82, 2.24) is 9.47 Å². The predicted molar refractivity (Wildman–Crippen MR) is 140 cm³/mol. The number of benzene rings is 2. The molecule has 1 fully saturated rings. The van der Waals surface area contributed by atoms with E-state index in [1.54, 1.807) is 0 Å². The quantitative estimate of drug-likeness (QED) is 0.465. The highest BCUT2D eigenvalue weighted by Gasteiger charge is 2.50. The number of ether oxygens (including phenoxy) is 1. The number of rotatable bonds is 4. The molecule has 6 rings (SSSR count). The van der Waals surface area contributed by atoms with Crippen LogP contribution in [0.5, 0.6) is 0 Å². The fourth-order valence-corrected chi connectivity index (χ4v) is 6.66. The van der Waals surface area contributed by atoms with Gasteiger partial charge in [-0.2, -0.15) is 0 Å². The van der Waals surface area contributed by atoms with Gasteiger partial charge in [0.1, 0.15) is 6.61 Å². The largest absolute Gasteiger partial charge is 0.464 e. The molecule has 1 aromatic heterocycles. The molecule has 0 radical (unpaired) electrons. The second-order valence-corrected chi connectivity index (χ2v) is 10.1. The average Bonchev–Trinajstić information content (AvgIpc) is 3.18. The summed E-state index contributed by atoms with van der Waals surface area (Å²) in [5.41, 5.74) is 7.88. The van der Waals surface area contributed by atoms with Gasteiger partial charge in [0.15, 0.2) is 0 Å². The highest BCUT2D eigenvalue weighted by Crippen LogP contribution is 2.56. The summed E-state index contributed by atoms with van der Waals surface area (Å²) in [6, 6.07) is 17.5. The van der Waals surface area contributed by atoms with Crippen LogP contribution in [0.1, 0.15) is 49.0 Å². The lowest BCUT2D eigenvalue weighted by atomic mass is 9.66. The number of hydrogen-bond acceptors (Lipinski definition) is 3. The van der Waals surface area contributed by atoms with E-state index in [0.29, 0.717) is 17.8 Å². The van der Waals surface area contributed by atoms with Gasteiger partial charge < -0.3 is 14.6 Å². The highest BCUT2D eigenvalue weighted by molar-refractivity contribution is 7.80. The maximum atomic E-state index is 6.19. The maximum absolute atomic E-state index is 6.19. The van der Waals surface area contributed by atoms with E-state index in [1.807, 2.05) is 18.2 Å². The van der Waals surface area contributed by atoms with Gasteiger partial charge >= 0.3 is 0 Å². The van der Waals surface area contributed by atoms with Crippen molar-refractivity contribution >= 4 is 39.7 Å². The van der Waals surface area contributed by atoms with Gasteiger partial charge in [-0.3, -0.25) is 4.90 Å². The number of nitrogens with zero attached hydrogens (tertiary/aromatic N) is 2. The van der Waals surface area contributed by atoms with Gasteiger partial charge in [0.2, 0.25) is 0 Å². The Labute approximate surface area is 201 Å². The molecule has 5 heteroatoms. The molecule has 1 saturated heterocycles. The first kappa shape index (κ1) is 20.9. The first-order valence-corrected chi connectivity index (χ1v) is 12.6. The van der Waals surface area contributed by atoms with Crippen LogP contribution in [0, 0.1) is 12.3 Å². The topological polar surface area (TPSA) is 29.4 Å². The van der Waals surface area contributed by atoms with Crippen molar-refractivity contribution in [3.63, 3.8) is 0 Å². The Morgan fingerprint density at radius 1 is 1.15 bits per heavy atom. The van der Waals surface area contributed by atoms with Crippen molar-refractivity contribution in [2.24, 2.45) is 5.41 Å². The summed E-state index contributed by atoms with van der Waals surface area (Å²) < 4.78 is 8.68. The number of thiocarbonyl (C=S) groups is 1. The van der Waals surface area contributed by atoms with Crippen LogP contribution in [0.25, 0.3) is 16.6 Å². The van der Waals surface area contributed by atoms with Crippen LogP contribution in [0.4, 0.5) is 5.69 Å². The number of para-hydroxylation sites is 2. The van der Waals surface area contributed by atoms with Crippen molar-refractivity contribution < 1.29 is 4.74 Å². The molecule has 170 valence electrons. The van der Waals surface area contributed by atoms with E-state index in [0.717, 1.165) is 30.6 Å². The third kappa shape index (κ3) is 3.24. The zero-order valence-corrected chi connectivity index (χ0v) is 20.3. The molecule has 4 nitrogen and oxygen atoms in total. The fourth-order valence-electron chi connectivity index (χ4n) is 6.49. The molecular formula is C28H31N3OS. The lowest BCUT2D eigenvalue weighted by molar-refractivity contribution is 0.0264. The van der Waals surface area contributed by atoms with E-state index >= 15 is 0 Å². The zero-order valence-electron chi connectivity index (χ0n) is 19.4. The number of piperidine rings is 1. The van der Waals surface area contributed by atoms with Gasteiger partial charge in [-0.15, -0.1) is 0 Å². The molecular weight excluding hydrogens is 426 g/mol. The number of fused-ring (bicyclic) bond motifs is 3. The monoisotopic (exact) mass is 457 g/mol. The third-order valence-electron chi connectivity index (χ3n) is 8.06. The third-order valence-corrected chi connectivity index (χ3v) is 8.28. The second-order valence-electron chi connectivity index (χ2n) is 9.75. The molecule has 0 amide bonds. The number of hydrogen-bond donors (Lipinski definition) is 1. The molecule has 33 heavy (non-hydrogen) atoms. The molecule has 0 bridgehead atoms. The van der Waals surface area contributed by atoms with Crippen LogP contribution in [-0.4, -0.2) is 34.3 Å². The van der Waals surface area contributed by atoms with Gasteiger partial charge in [-0.1, -0.05) is 49.4 Å². The van der Waals surface area contributed by atoms with Gasteiger partial charge in [0, 0.05) is 28.7 Å². The van der Waals surface area contributed by atoms with Gasteiger partial charge in [0.25, 0.3) is 5.17 Å². The first-order valence-electron chi connectivity index (χ1n) is 12.2. The molecule has 0 unspecified atom stereocenters. The van der Waals surface area contributed by atoms with Crippen LogP contribution in [0.3, 0.4) is 0 Å². The van der Waals surface area contributed by atoms with E-state index in [2.05, 4.69) is 65.0 Å². The van der Waals surface area contributed by atoms with Crippen molar-refractivity contribution in [1.29, 1.82) is 0 Å². The molecule has 2 atom stereocenters. The SMILES string of the molecule is CC[C@@]12C=C(COC(=S)Nc3ccccc3C)n3c4c(c5ccccc53)CCN(CCC1)[C@H]42. The lowest BCUT2D eigenvalue weighted by Crippen LogP contribution is -2.50. The molecule has 3 aliphatic rings. The maximum Gasteiger partial charge on any atom is 0.261 e. The fraction of sp³-hybridized carbons (Fsp3) is 0.393. The summed E-state index contributed by atoms with van der Waals surface area (Å²) in [6.07, 6.45) is 7.30.